The second-order valence-electron chi connectivity index (χ2n) is 12.5. The number of ketones is 1. The summed E-state index contributed by atoms with van der Waals surface area (Å²) in [6, 6.07) is 12.4. The van der Waals surface area contributed by atoms with Gasteiger partial charge in [-0.2, -0.15) is 0 Å². The van der Waals surface area contributed by atoms with Gasteiger partial charge in [-0.3, -0.25) is 29.1 Å². The Hall–Kier alpha value is -6.09. The van der Waals surface area contributed by atoms with E-state index in [0.717, 1.165) is 33.9 Å². The number of benzene rings is 1. The van der Waals surface area contributed by atoms with Gasteiger partial charge in [-0.05, 0) is 42.8 Å². The fourth-order valence-electron chi connectivity index (χ4n) is 6.45. The SMILES string of the molecule is C=C1c2cccc(C#CCCNC(=O)c3ccc(-c4ccc(C(=O)c5nc(CC)n6c5CN(C(C)=O)CC6)cn4)cn3)c2CN1C(C)C(=O)NC. The molecule has 0 aliphatic carbocycles. The number of amides is 3. The number of rotatable bonds is 9. The van der Waals surface area contributed by atoms with Crippen LogP contribution in [-0.4, -0.2) is 79.0 Å². The minimum Gasteiger partial charge on any atom is -0.357 e. The maximum atomic E-state index is 13.5. The predicted molar refractivity (Wildman–Crippen MR) is 192 cm³/mol. The molecule has 2 aliphatic rings. The van der Waals surface area contributed by atoms with E-state index in [9.17, 15) is 19.2 Å². The van der Waals surface area contributed by atoms with Crippen molar-refractivity contribution in [1.82, 2.24) is 40.0 Å². The van der Waals surface area contributed by atoms with Crippen LogP contribution in [-0.2, 0) is 35.6 Å². The van der Waals surface area contributed by atoms with E-state index < -0.39 is 0 Å². The van der Waals surface area contributed by atoms with Crippen molar-refractivity contribution in [3.8, 4) is 23.1 Å². The van der Waals surface area contributed by atoms with Crippen molar-refractivity contribution in [1.29, 1.82) is 0 Å². The number of aryl methyl sites for hydroxylation is 1. The van der Waals surface area contributed by atoms with Gasteiger partial charge in [0.05, 0.1) is 17.9 Å². The Balaban J connectivity index is 1.04. The van der Waals surface area contributed by atoms with Crippen LogP contribution in [0.1, 0.15) is 81.9 Å². The van der Waals surface area contributed by atoms with E-state index in [1.54, 1.807) is 42.4 Å². The van der Waals surface area contributed by atoms with Gasteiger partial charge in [0.2, 0.25) is 17.6 Å². The molecule has 5 heterocycles. The van der Waals surface area contributed by atoms with Crippen LogP contribution in [0.3, 0.4) is 0 Å². The lowest BCUT2D eigenvalue weighted by Crippen LogP contribution is -2.40. The highest BCUT2D eigenvalue weighted by Gasteiger charge is 2.31. The summed E-state index contributed by atoms with van der Waals surface area (Å²) in [6.07, 6.45) is 4.22. The predicted octanol–water partition coefficient (Wildman–Crippen LogP) is 3.59. The minimum atomic E-state index is -0.350. The maximum absolute atomic E-state index is 13.5. The molecule has 0 bridgehead atoms. The van der Waals surface area contributed by atoms with Crippen molar-refractivity contribution < 1.29 is 19.2 Å². The Bertz CT molecular complexity index is 2090. The van der Waals surface area contributed by atoms with Crippen molar-refractivity contribution in [2.45, 2.75) is 59.3 Å². The van der Waals surface area contributed by atoms with Crippen molar-refractivity contribution in [3.63, 3.8) is 0 Å². The number of nitrogens with zero attached hydrogens (tertiary/aromatic N) is 6. The lowest BCUT2D eigenvalue weighted by molar-refractivity contribution is -0.130. The van der Waals surface area contributed by atoms with Crippen LogP contribution in [0.15, 0.2) is 61.4 Å². The van der Waals surface area contributed by atoms with Crippen molar-refractivity contribution in [3.05, 3.63) is 107 Å². The topological polar surface area (TPSA) is 142 Å². The molecular formula is C39H40N8O4. The Morgan fingerprint density at radius 3 is 2.53 bits per heavy atom. The lowest BCUT2D eigenvalue weighted by Gasteiger charge is -2.28. The molecule has 3 amide bonds. The molecule has 0 spiro atoms. The first-order valence-electron chi connectivity index (χ1n) is 17.0. The molecule has 1 atom stereocenters. The van der Waals surface area contributed by atoms with E-state index in [1.165, 1.54) is 13.1 Å². The summed E-state index contributed by atoms with van der Waals surface area (Å²) in [4.78, 5) is 67.7. The average Bonchev–Trinajstić information content (AvgIpc) is 3.71. The molecule has 0 saturated heterocycles. The van der Waals surface area contributed by atoms with Crippen molar-refractivity contribution in [2.75, 3.05) is 20.1 Å². The normalized spacial score (nSPS) is 13.8. The number of fused-ring (bicyclic) bond motifs is 2. The van der Waals surface area contributed by atoms with Crippen molar-refractivity contribution >= 4 is 29.2 Å². The third-order valence-electron chi connectivity index (χ3n) is 9.39. The summed E-state index contributed by atoms with van der Waals surface area (Å²) in [5.41, 5.74) is 6.77. The molecule has 51 heavy (non-hydrogen) atoms. The molecule has 4 aromatic rings. The largest absolute Gasteiger partial charge is 0.357 e. The number of nitrogens with one attached hydrogen (secondary N) is 2. The maximum Gasteiger partial charge on any atom is 0.269 e. The minimum absolute atomic E-state index is 0.0329. The Kier molecular flexibility index (Phi) is 10.1. The van der Waals surface area contributed by atoms with E-state index in [4.69, 9.17) is 0 Å². The summed E-state index contributed by atoms with van der Waals surface area (Å²) in [5, 5.41) is 5.56. The zero-order chi connectivity index (χ0) is 36.2. The molecule has 0 saturated carbocycles. The third kappa shape index (κ3) is 7.01. The molecule has 2 aliphatic heterocycles. The first-order valence-corrected chi connectivity index (χ1v) is 17.0. The molecule has 1 aromatic carbocycles. The smallest absolute Gasteiger partial charge is 0.269 e. The molecule has 12 heteroatoms. The number of hydrogen-bond donors (Lipinski definition) is 2. The van der Waals surface area contributed by atoms with E-state index in [0.29, 0.717) is 68.1 Å². The van der Waals surface area contributed by atoms with Crippen molar-refractivity contribution in [2.24, 2.45) is 0 Å². The van der Waals surface area contributed by atoms with Crippen LogP contribution in [0.5, 0.6) is 0 Å². The number of carbonyl (C=O) groups excluding carboxylic acids is 4. The quantitative estimate of drug-likeness (QED) is 0.155. The number of carbonyl (C=O) groups is 4. The van der Waals surface area contributed by atoms with Gasteiger partial charge < -0.3 is 25.0 Å². The van der Waals surface area contributed by atoms with Gasteiger partial charge in [-0.15, -0.1) is 0 Å². The van der Waals surface area contributed by atoms with Gasteiger partial charge in [0, 0.05) is 93.3 Å². The number of imidazole rings is 1. The van der Waals surface area contributed by atoms with Gasteiger partial charge in [-0.1, -0.05) is 37.5 Å². The summed E-state index contributed by atoms with van der Waals surface area (Å²) < 4.78 is 2.05. The molecule has 0 radical (unpaired) electrons. The molecule has 0 fully saturated rings. The molecule has 12 nitrogen and oxygen atoms in total. The Morgan fingerprint density at radius 2 is 1.84 bits per heavy atom. The molecular weight excluding hydrogens is 644 g/mol. The van der Waals surface area contributed by atoms with Crippen LogP contribution in [0, 0.1) is 11.8 Å². The van der Waals surface area contributed by atoms with Gasteiger partial charge in [0.25, 0.3) is 5.91 Å². The highest BCUT2D eigenvalue weighted by atomic mass is 16.2. The highest BCUT2D eigenvalue weighted by Crippen LogP contribution is 2.35. The number of pyridine rings is 2. The van der Waals surface area contributed by atoms with Gasteiger partial charge in [0.15, 0.2) is 0 Å². The summed E-state index contributed by atoms with van der Waals surface area (Å²) in [7, 11) is 1.62. The van der Waals surface area contributed by atoms with E-state index in [-0.39, 0.29) is 35.2 Å². The van der Waals surface area contributed by atoms with Gasteiger partial charge in [0.1, 0.15) is 23.3 Å². The fourth-order valence-corrected chi connectivity index (χ4v) is 6.45. The second kappa shape index (κ2) is 14.8. The van der Waals surface area contributed by atoms with Gasteiger partial charge in [-0.25, -0.2) is 4.98 Å². The molecule has 3 aromatic heterocycles. The fraction of sp³-hybridized carbons (Fsp3) is 0.308. The van der Waals surface area contributed by atoms with Crippen LogP contribution >= 0.6 is 0 Å². The molecule has 1 unspecified atom stereocenters. The summed E-state index contributed by atoms with van der Waals surface area (Å²) in [5.74, 6) is 6.53. The zero-order valence-electron chi connectivity index (χ0n) is 29.2. The zero-order valence-corrected chi connectivity index (χ0v) is 29.2. The first-order chi connectivity index (χ1) is 24.6. The van der Waals surface area contributed by atoms with E-state index >= 15 is 0 Å². The summed E-state index contributed by atoms with van der Waals surface area (Å²) >= 11 is 0. The Morgan fingerprint density at radius 1 is 1.02 bits per heavy atom. The lowest BCUT2D eigenvalue weighted by atomic mass is 10.0. The number of aromatic nitrogens is 4. The monoisotopic (exact) mass is 684 g/mol. The Labute approximate surface area is 297 Å². The molecule has 2 N–H and O–H groups in total. The highest BCUT2D eigenvalue weighted by molar-refractivity contribution is 6.08. The number of hydrogen-bond acceptors (Lipinski definition) is 8. The number of likely N-dealkylation sites (N-methyl/N-ethyl adjacent to an activating group) is 1. The standard InChI is InChI=1S/C39H40N8O4/c1-6-35-44-36(34-23-45(26(4)48)18-19-46(34)35)37(49)29-14-15-32(42-21-29)28-13-16-33(43-20-28)39(51)41-17-8-7-10-27-11-9-12-30-24(2)47(22-31(27)30)25(3)38(50)40-5/h9,11-16,20-21,25H,2,6,8,17-19,22-23H2,1,3-5H3,(H,40,50)(H,41,51). The average molecular weight is 685 g/mol. The van der Waals surface area contributed by atoms with Crippen LogP contribution in [0.4, 0.5) is 0 Å². The van der Waals surface area contributed by atoms with E-state index in [1.807, 2.05) is 41.5 Å². The molecule has 6 rings (SSSR count). The summed E-state index contributed by atoms with van der Waals surface area (Å²) in [6.45, 7) is 12.0. The van der Waals surface area contributed by atoms with Crippen LogP contribution in [0.25, 0.3) is 17.0 Å². The van der Waals surface area contributed by atoms with E-state index in [2.05, 4.69) is 44.0 Å². The van der Waals surface area contributed by atoms with Crippen LogP contribution < -0.4 is 10.6 Å². The van der Waals surface area contributed by atoms with Crippen LogP contribution in [0.2, 0.25) is 0 Å². The second-order valence-corrected chi connectivity index (χ2v) is 12.5. The van der Waals surface area contributed by atoms with Gasteiger partial charge >= 0.3 is 0 Å². The molecule has 260 valence electrons. The first kappa shape index (κ1) is 34.8. The third-order valence-corrected chi connectivity index (χ3v) is 9.39.